The minimum atomic E-state index is -0.143. The molecule has 3 nitrogen and oxygen atoms in total. The molecular weight excluding hydrogens is 166 g/mol. The van der Waals surface area contributed by atoms with Gasteiger partial charge in [-0.2, -0.15) is 0 Å². The average molecular weight is 180 g/mol. The Labute approximate surface area is 72.1 Å². The van der Waals surface area contributed by atoms with E-state index in [9.17, 15) is 4.79 Å². The maximum absolute atomic E-state index is 10.8. The van der Waals surface area contributed by atoms with E-state index in [1.54, 1.807) is 7.11 Å². The molecule has 0 saturated carbocycles. The van der Waals surface area contributed by atoms with Crippen LogP contribution >= 0.6 is 11.6 Å². The SMILES string of the molecule is CCC(COC)NC(=O)CCl. The molecule has 0 aromatic carbocycles. The van der Waals surface area contributed by atoms with E-state index >= 15 is 0 Å². The van der Waals surface area contributed by atoms with Gasteiger partial charge >= 0.3 is 0 Å². The van der Waals surface area contributed by atoms with Crippen molar-refractivity contribution in [2.24, 2.45) is 0 Å². The number of carbonyl (C=O) groups excluding carboxylic acids is 1. The van der Waals surface area contributed by atoms with E-state index in [0.717, 1.165) is 6.42 Å². The van der Waals surface area contributed by atoms with Crippen molar-refractivity contribution < 1.29 is 9.53 Å². The van der Waals surface area contributed by atoms with Crippen molar-refractivity contribution in [3.63, 3.8) is 0 Å². The van der Waals surface area contributed by atoms with Gasteiger partial charge in [0.2, 0.25) is 5.91 Å². The van der Waals surface area contributed by atoms with Gasteiger partial charge in [0.1, 0.15) is 5.88 Å². The standard InChI is InChI=1S/C7H14ClNO2/c1-3-6(5-11-2)9-7(10)4-8/h6H,3-5H2,1-2H3,(H,9,10). The number of alkyl halides is 1. The van der Waals surface area contributed by atoms with Gasteiger partial charge in [0.05, 0.1) is 12.6 Å². The minimum Gasteiger partial charge on any atom is -0.383 e. The highest BCUT2D eigenvalue weighted by molar-refractivity contribution is 6.27. The smallest absolute Gasteiger partial charge is 0.235 e. The number of hydrogen-bond donors (Lipinski definition) is 1. The number of nitrogens with one attached hydrogen (secondary N) is 1. The first-order valence-corrected chi connectivity index (χ1v) is 4.12. The fourth-order valence-corrected chi connectivity index (χ4v) is 0.806. The Morgan fingerprint density at radius 2 is 2.36 bits per heavy atom. The van der Waals surface area contributed by atoms with Crippen LogP contribution in [-0.2, 0) is 9.53 Å². The third-order valence-corrected chi connectivity index (χ3v) is 1.59. The summed E-state index contributed by atoms with van der Waals surface area (Å²) in [5, 5.41) is 2.72. The summed E-state index contributed by atoms with van der Waals surface area (Å²) in [6, 6.07) is 0.0891. The Morgan fingerprint density at radius 1 is 1.73 bits per heavy atom. The molecule has 0 aromatic rings. The Kier molecular flexibility index (Phi) is 6.27. The molecule has 0 radical (unpaired) electrons. The van der Waals surface area contributed by atoms with Crippen LogP contribution in [-0.4, -0.2) is 31.5 Å². The molecule has 0 bridgehead atoms. The van der Waals surface area contributed by atoms with Crippen molar-refractivity contribution in [3.8, 4) is 0 Å². The zero-order valence-electron chi connectivity index (χ0n) is 6.89. The van der Waals surface area contributed by atoms with Crippen LogP contribution < -0.4 is 5.32 Å². The second kappa shape index (κ2) is 6.43. The number of carbonyl (C=O) groups is 1. The lowest BCUT2D eigenvalue weighted by Gasteiger charge is -2.14. The largest absolute Gasteiger partial charge is 0.383 e. The van der Waals surface area contributed by atoms with Crippen molar-refractivity contribution in [2.75, 3.05) is 19.6 Å². The monoisotopic (exact) mass is 179 g/mol. The first kappa shape index (κ1) is 10.7. The lowest BCUT2D eigenvalue weighted by Crippen LogP contribution is -2.38. The Hall–Kier alpha value is -0.280. The van der Waals surface area contributed by atoms with Crippen LogP contribution in [0.1, 0.15) is 13.3 Å². The number of ether oxygens (including phenoxy) is 1. The number of rotatable bonds is 5. The van der Waals surface area contributed by atoms with Gasteiger partial charge in [-0.05, 0) is 6.42 Å². The van der Waals surface area contributed by atoms with Crippen LogP contribution in [0, 0.1) is 0 Å². The molecule has 1 unspecified atom stereocenters. The zero-order chi connectivity index (χ0) is 8.69. The molecule has 0 aliphatic rings. The summed E-state index contributed by atoms with van der Waals surface area (Å²) in [5.74, 6) is -0.129. The highest BCUT2D eigenvalue weighted by atomic mass is 35.5. The van der Waals surface area contributed by atoms with Crippen LogP contribution in [0.2, 0.25) is 0 Å². The number of methoxy groups -OCH3 is 1. The summed E-state index contributed by atoms with van der Waals surface area (Å²) in [7, 11) is 1.61. The molecule has 0 aliphatic heterocycles. The first-order valence-electron chi connectivity index (χ1n) is 3.58. The molecule has 11 heavy (non-hydrogen) atoms. The van der Waals surface area contributed by atoms with Crippen LogP contribution in [0.15, 0.2) is 0 Å². The van der Waals surface area contributed by atoms with Crippen LogP contribution in [0.5, 0.6) is 0 Å². The van der Waals surface area contributed by atoms with E-state index in [0.29, 0.717) is 6.61 Å². The summed E-state index contributed by atoms with van der Waals surface area (Å²) in [4.78, 5) is 10.8. The van der Waals surface area contributed by atoms with Crippen molar-refractivity contribution in [2.45, 2.75) is 19.4 Å². The Balaban J connectivity index is 3.58. The van der Waals surface area contributed by atoms with Gasteiger partial charge < -0.3 is 10.1 Å². The van der Waals surface area contributed by atoms with Crippen molar-refractivity contribution >= 4 is 17.5 Å². The van der Waals surface area contributed by atoms with Gasteiger partial charge in [-0.3, -0.25) is 4.79 Å². The molecule has 1 atom stereocenters. The average Bonchev–Trinajstić information content (AvgIpc) is 2.03. The lowest BCUT2D eigenvalue weighted by molar-refractivity contribution is -0.119. The van der Waals surface area contributed by atoms with E-state index in [1.165, 1.54) is 0 Å². The molecule has 0 rings (SSSR count). The van der Waals surface area contributed by atoms with Crippen LogP contribution in [0.4, 0.5) is 0 Å². The predicted molar refractivity (Wildman–Crippen MR) is 44.8 cm³/mol. The third-order valence-electron chi connectivity index (χ3n) is 1.35. The minimum absolute atomic E-state index is 0.0141. The number of halogens is 1. The molecule has 0 aromatic heterocycles. The predicted octanol–water partition coefficient (Wildman–Crippen LogP) is 0.766. The van der Waals surface area contributed by atoms with Gasteiger partial charge in [-0.15, -0.1) is 11.6 Å². The zero-order valence-corrected chi connectivity index (χ0v) is 7.65. The molecule has 0 heterocycles. The van der Waals surface area contributed by atoms with E-state index in [-0.39, 0.29) is 17.8 Å². The lowest BCUT2D eigenvalue weighted by atomic mass is 10.2. The fraction of sp³-hybridized carbons (Fsp3) is 0.857. The number of amides is 1. The van der Waals surface area contributed by atoms with E-state index in [2.05, 4.69) is 5.32 Å². The molecule has 0 aliphatic carbocycles. The normalized spacial score (nSPS) is 12.6. The van der Waals surface area contributed by atoms with Gasteiger partial charge in [0.25, 0.3) is 0 Å². The Morgan fingerprint density at radius 3 is 2.73 bits per heavy atom. The first-order chi connectivity index (χ1) is 5.24. The van der Waals surface area contributed by atoms with Gasteiger partial charge in [-0.1, -0.05) is 6.92 Å². The maximum atomic E-state index is 10.8. The molecule has 66 valence electrons. The highest BCUT2D eigenvalue weighted by Crippen LogP contribution is 1.91. The molecule has 1 N–H and O–H groups in total. The third kappa shape index (κ3) is 5.04. The molecule has 0 saturated heterocycles. The quantitative estimate of drug-likeness (QED) is 0.634. The van der Waals surface area contributed by atoms with Crippen LogP contribution in [0.3, 0.4) is 0 Å². The van der Waals surface area contributed by atoms with Crippen molar-refractivity contribution in [3.05, 3.63) is 0 Å². The van der Waals surface area contributed by atoms with Crippen molar-refractivity contribution in [1.82, 2.24) is 5.32 Å². The number of hydrogen-bond acceptors (Lipinski definition) is 2. The van der Waals surface area contributed by atoms with Gasteiger partial charge in [-0.25, -0.2) is 0 Å². The summed E-state index contributed by atoms with van der Waals surface area (Å²) < 4.78 is 4.88. The highest BCUT2D eigenvalue weighted by Gasteiger charge is 2.07. The second-order valence-corrected chi connectivity index (χ2v) is 2.53. The van der Waals surface area contributed by atoms with Crippen molar-refractivity contribution in [1.29, 1.82) is 0 Å². The second-order valence-electron chi connectivity index (χ2n) is 2.26. The molecule has 0 fully saturated rings. The van der Waals surface area contributed by atoms with Gasteiger partial charge in [0, 0.05) is 7.11 Å². The molecular formula is C7H14ClNO2. The van der Waals surface area contributed by atoms with Crippen LogP contribution in [0.25, 0.3) is 0 Å². The summed E-state index contributed by atoms with van der Waals surface area (Å²) >= 11 is 5.30. The molecule has 4 heteroatoms. The maximum Gasteiger partial charge on any atom is 0.235 e. The van der Waals surface area contributed by atoms with Gasteiger partial charge in [0.15, 0.2) is 0 Å². The molecule has 1 amide bonds. The summed E-state index contributed by atoms with van der Waals surface area (Å²) in [5.41, 5.74) is 0. The fourth-order valence-electron chi connectivity index (χ4n) is 0.729. The topological polar surface area (TPSA) is 38.3 Å². The van der Waals surface area contributed by atoms with E-state index < -0.39 is 0 Å². The summed E-state index contributed by atoms with van der Waals surface area (Å²) in [6.45, 7) is 2.53. The molecule has 0 spiro atoms. The Bertz CT molecular complexity index is 119. The van der Waals surface area contributed by atoms with E-state index in [4.69, 9.17) is 16.3 Å². The van der Waals surface area contributed by atoms with E-state index in [1.807, 2.05) is 6.92 Å². The summed E-state index contributed by atoms with van der Waals surface area (Å²) in [6.07, 6.45) is 0.858.